The number of hydrogen-bond donors (Lipinski definition) is 1. The Balaban J connectivity index is 1.69. The molecule has 12 nitrogen and oxygen atoms in total. The van der Waals surface area contributed by atoms with E-state index in [1.54, 1.807) is 27.1 Å². The minimum atomic E-state index is -3.84. The van der Waals surface area contributed by atoms with Crippen LogP contribution in [-0.4, -0.2) is 101 Å². The summed E-state index contributed by atoms with van der Waals surface area (Å²) in [5, 5.41) is 4.64. The van der Waals surface area contributed by atoms with Gasteiger partial charge in [0.25, 0.3) is 5.56 Å². The fraction of sp³-hybridized carbons (Fsp3) is 0.520. The number of piperazine rings is 1. The fourth-order valence-corrected chi connectivity index (χ4v) is 5.94. The predicted octanol–water partition coefficient (Wildman–Crippen LogP) is 1.14. The van der Waals surface area contributed by atoms with Crippen LogP contribution in [0.15, 0.2) is 27.9 Å². The minimum absolute atomic E-state index is 0.0221. The highest BCUT2D eigenvalue weighted by atomic mass is 32.2. The first-order chi connectivity index (χ1) is 18.1. The van der Waals surface area contributed by atoms with Crippen LogP contribution in [0.3, 0.4) is 0 Å². The number of aromatic nitrogens is 4. The highest BCUT2D eigenvalue weighted by Crippen LogP contribution is 2.31. The quantitative estimate of drug-likeness (QED) is 0.423. The third kappa shape index (κ3) is 5.45. The second kappa shape index (κ2) is 11.2. The van der Waals surface area contributed by atoms with Crippen molar-refractivity contribution in [1.29, 1.82) is 0 Å². The Morgan fingerprint density at radius 2 is 1.87 bits per heavy atom. The summed E-state index contributed by atoms with van der Waals surface area (Å²) in [4.78, 5) is 35.9. The summed E-state index contributed by atoms with van der Waals surface area (Å²) < 4.78 is 35.9. The van der Waals surface area contributed by atoms with Crippen molar-refractivity contribution in [3.63, 3.8) is 0 Å². The van der Waals surface area contributed by atoms with Gasteiger partial charge in [-0.15, -0.1) is 5.10 Å². The number of aryl methyl sites for hydroxylation is 2. The number of hydrogen-bond acceptors (Lipinski definition) is 8. The van der Waals surface area contributed by atoms with Crippen LogP contribution in [0.5, 0.6) is 5.75 Å². The molecule has 1 aliphatic heterocycles. The number of rotatable bonds is 9. The largest absolute Gasteiger partial charge is 0.493 e. The van der Waals surface area contributed by atoms with Crippen molar-refractivity contribution in [1.82, 2.24) is 33.7 Å². The molecule has 3 aromatic rings. The van der Waals surface area contributed by atoms with Crippen molar-refractivity contribution < 1.29 is 17.9 Å². The topological polar surface area (TPSA) is 133 Å². The molecule has 3 heterocycles. The van der Waals surface area contributed by atoms with Crippen LogP contribution in [0, 0.1) is 6.92 Å². The number of likely N-dealkylation sites (N-methyl/N-ethyl adjacent to an activating group) is 1. The molecule has 0 atom stereocenters. The number of carbonyl (C=O) groups excluding carboxylic acids is 1. The molecule has 1 fully saturated rings. The molecule has 1 saturated heterocycles. The molecule has 1 aromatic carbocycles. The Morgan fingerprint density at radius 3 is 2.50 bits per heavy atom. The molecule has 4 rings (SSSR count). The van der Waals surface area contributed by atoms with Crippen LogP contribution in [0.1, 0.15) is 31.8 Å². The van der Waals surface area contributed by atoms with Gasteiger partial charge in [-0.2, -0.15) is 4.31 Å². The first kappa shape index (κ1) is 27.7. The summed E-state index contributed by atoms with van der Waals surface area (Å²) in [6.07, 6.45) is 1.47. The number of imidazole rings is 1. The molecule has 0 aliphatic carbocycles. The van der Waals surface area contributed by atoms with Crippen molar-refractivity contribution in [3.8, 4) is 17.1 Å². The molecular weight excluding hydrogens is 510 g/mol. The van der Waals surface area contributed by atoms with Crippen molar-refractivity contribution in [2.45, 2.75) is 38.5 Å². The van der Waals surface area contributed by atoms with Gasteiger partial charge in [0, 0.05) is 46.7 Å². The van der Waals surface area contributed by atoms with Gasteiger partial charge in [-0.05, 0) is 38.5 Å². The van der Waals surface area contributed by atoms with E-state index in [4.69, 9.17) is 4.74 Å². The number of fused-ring (bicyclic) bond motifs is 1. The van der Waals surface area contributed by atoms with E-state index in [0.717, 1.165) is 6.42 Å². The van der Waals surface area contributed by atoms with Crippen LogP contribution in [-0.2, 0) is 21.2 Å². The lowest BCUT2D eigenvalue weighted by Gasteiger charge is -2.34. The van der Waals surface area contributed by atoms with Gasteiger partial charge in [0.05, 0.1) is 29.3 Å². The maximum atomic E-state index is 13.6. The zero-order valence-corrected chi connectivity index (χ0v) is 23.3. The van der Waals surface area contributed by atoms with Gasteiger partial charge in [0.15, 0.2) is 11.3 Å². The molecule has 206 valence electrons. The maximum Gasteiger partial charge on any atom is 0.277 e. The number of sulfonamides is 1. The summed E-state index contributed by atoms with van der Waals surface area (Å²) in [6, 6.07) is 4.59. The van der Waals surface area contributed by atoms with Crippen molar-refractivity contribution in [2.24, 2.45) is 0 Å². The van der Waals surface area contributed by atoms with E-state index in [1.165, 1.54) is 25.9 Å². The number of nitrogens with zero attached hydrogens (tertiary/aromatic N) is 6. The van der Waals surface area contributed by atoms with Crippen molar-refractivity contribution >= 4 is 21.4 Å². The number of H-pyrrole nitrogens is 1. The lowest BCUT2D eigenvalue weighted by Crippen LogP contribution is -2.50. The molecule has 0 unspecified atom stereocenters. The Hall–Kier alpha value is -3.29. The molecule has 2 aromatic heterocycles. The summed E-state index contributed by atoms with van der Waals surface area (Å²) >= 11 is 0. The molecule has 0 radical (unpaired) electrons. The Kier molecular flexibility index (Phi) is 8.19. The molecule has 0 spiro atoms. The first-order valence-corrected chi connectivity index (χ1v) is 14.2. The zero-order chi connectivity index (χ0) is 27.6. The predicted molar refractivity (Wildman–Crippen MR) is 143 cm³/mol. The van der Waals surface area contributed by atoms with Gasteiger partial charge in [0.2, 0.25) is 15.9 Å². The standard InChI is InChI=1S/C25H35N7O5S/c1-6-8-21-26-17(3)23-25(34)27-24(28-32(21)23)19-15-18(9-10-20(19)37-7-2)38(35,36)31-13-11-30(12-14-31)16-22(33)29(4)5/h9-10,15H,6-8,11-14,16H2,1-5H3,(H,27,28,34). The molecular formula is C25H35N7O5S. The van der Waals surface area contributed by atoms with Gasteiger partial charge in [-0.1, -0.05) is 6.92 Å². The van der Waals surface area contributed by atoms with E-state index >= 15 is 0 Å². The Morgan fingerprint density at radius 1 is 1.16 bits per heavy atom. The van der Waals surface area contributed by atoms with Crippen LogP contribution in [0.25, 0.3) is 16.9 Å². The smallest absolute Gasteiger partial charge is 0.277 e. The van der Waals surface area contributed by atoms with Crippen molar-refractivity contribution in [2.75, 3.05) is 53.4 Å². The second-order valence-electron chi connectivity index (χ2n) is 9.49. The number of ether oxygens (including phenoxy) is 1. The number of amides is 1. The fourth-order valence-electron chi connectivity index (χ4n) is 4.49. The van der Waals surface area contributed by atoms with Crippen LogP contribution >= 0.6 is 0 Å². The minimum Gasteiger partial charge on any atom is -0.493 e. The first-order valence-electron chi connectivity index (χ1n) is 12.7. The van der Waals surface area contributed by atoms with Gasteiger partial charge in [-0.25, -0.2) is 17.9 Å². The number of nitrogens with one attached hydrogen (secondary N) is 1. The molecule has 38 heavy (non-hydrogen) atoms. The Bertz CT molecular complexity index is 1490. The van der Waals surface area contributed by atoms with Gasteiger partial charge in [0.1, 0.15) is 11.6 Å². The van der Waals surface area contributed by atoms with Crippen LogP contribution in [0.4, 0.5) is 0 Å². The zero-order valence-electron chi connectivity index (χ0n) is 22.5. The van der Waals surface area contributed by atoms with E-state index < -0.39 is 10.0 Å². The third-order valence-corrected chi connectivity index (χ3v) is 8.44. The molecule has 1 N–H and O–H groups in total. The van der Waals surface area contributed by atoms with E-state index in [1.807, 2.05) is 18.7 Å². The van der Waals surface area contributed by atoms with Gasteiger partial charge in [-0.3, -0.25) is 14.5 Å². The van der Waals surface area contributed by atoms with Gasteiger partial charge >= 0.3 is 0 Å². The van der Waals surface area contributed by atoms with Crippen LogP contribution in [0.2, 0.25) is 0 Å². The highest BCUT2D eigenvalue weighted by molar-refractivity contribution is 7.89. The Labute approximate surface area is 222 Å². The van der Waals surface area contributed by atoms with E-state index in [-0.39, 0.29) is 41.8 Å². The molecule has 13 heteroatoms. The molecule has 0 bridgehead atoms. The monoisotopic (exact) mass is 545 g/mol. The number of benzene rings is 1. The average Bonchev–Trinajstić information content (AvgIpc) is 3.20. The number of aromatic amines is 1. The molecule has 1 amide bonds. The lowest BCUT2D eigenvalue weighted by atomic mass is 10.2. The lowest BCUT2D eigenvalue weighted by molar-refractivity contribution is -0.130. The molecule has 1 aliphatic rings. The van der Waals surface area contributed by atoms with Crippen LogP contribution < -0.4 is 10.3 Å². The molecule has 0 saturated carbocycles. The summed E-state index contributed by atoms with van der Waals surface area (Å²) in [7, 11) is -0.442. The SMILES string of the molecule is CCCc1nc(C)c2c(=O)[nH]c(-c3cc(S(=O)(=O)N4CCN(CC(=O)N(C)C)CC4)ccc3OCC)nn12. The summed E-state index contributed by atoms with van der Waals surface area (Å²) in [6.45, 7) is 7.65. The third-order valence-electron chi connectivity index (χ3n) is 6.55. The normalized spacial score (nSPS) is 15.2. The number of carbonyl (C=O) groups is 1. The van der Waals surface area contributed by atoms with E-state index in [0.29, 0.717) is 54.5 Å². The average molecular weight is 546 g/mol. The second-order valence-corrected chi connectivity index (χ2v) is 11.4. The summed E-state index contributed by atoms with van der Waals surface area (Å²) in [5.41, 5.74) is 0.962. The van der Waals surface area contributed by atoms with E-state index in [9.17, 15) is 18.0 Å². The summed E-state index contributed by atoms with van der Waals surface area (Å²) in [5.74, 6) is 1.26. The van der Waals surface area contributed by atoms with Gasteiger partial charge < -0.3 is 14.6 Å². The highest BCUT2D eigenvalue weighted by Gasteiger charge is 2.30. The van der Waals surface area contributed by atoms with E-state index in [2.05, 4.69) is 15.1 Å². The maximum absolute atomic E-state index is 13.6. The van der Waals surface area contributed by atoms with Crippen molar-refractivity contribution in [3.05, 3.63) is 40.1 Å².